The Kier molecular flexibility index (Phi) is 4.68. The summed E-state index contributed by atoms with van der Waals surface area (Å²) in [6.45, 7) is 0.358. The molecule has 2 heterocycles. The fraction of sp³-hybridized carbons (Fsp3) is 0.294. The lowest BCUT2D eigenvalue weighted by Gasteiger charge is -2.33. The second kappa shape index (κ2) is 6.72. The Bertz CT molecular complexity index is 744. The van der Waals surface area contributed by atoms with Crippen LogP contribution in [0.5, 0.6) is 0 Å². The number of hydrogen-bond donors (Lipinski definition) is 1. The Morgan fingerprint density at radius 3 is 2.74 bits per heavy atom. The van der Waals surface area contributed by atoms with E-state index in [9.17, 15) is 9.59 Å². The van der Waals surface area contributed by atoms with E-state index >= 15 is 0 Å². The summed E-state index contributed by atoms with van der Waals surface area (Å²) >= 11 is 7.41. The van der Waals surface area contributed by atoms with Gasteiger partial charge in [0.2, 0.25) is 11.8 Å². The molecule has 0 radical (unpaired) electrons. The fourth-order valence-electron chi connectivity index (χ4n) is 2.87. The minimum absolute atomic E-state index is 0.00734. The SMILES string of the molecule is NC(=O)C1Cc2ccccc2N(C(=O)CCc2ccc(Cl)s2)C1. The lowest BCUT2D eigenvalue weighted by Crippen LogP contribution is -2.44. The molecule has 0 saturated carbocycles. The van der Waals surface area contributed by atoms with Crippen molar-refractivity contribution in [3.63, 3.8) is 0 Å². The van der Waals surface area contributed by atoms with Gasteiger partial charge < -0.3 is 10.6 Å². The van der Waals surface area contributed by atoms with E-state index in [-0.39, 0.29) is 17.7 Å². The summed E-state index contributed by atoms with van der Waals surface area (Å²) in [4.78, 5) is 27.0. The van der Waals surface area contributed by atoms with Crippen LogP contribution in [0.1, 0.15) is 16.9 Å². The van der Waals surface area contributed by atoms with Crippen molar-refractivity contribution in [3.05, 3.63) is 51.2 Å². The number of anilines is 1. The van der Waals surface area contributed by atoms with E-state index in [1.165, 1.54) is 11.3 Å². The number of halogens is 1. The summed E-state index contributed by atoms with van der Waals surface area (Å²) in [5, 5.41) is 0. The van der Waals surface area contributed by atoms with Crippen LogP contribution in [0.4, 0.5) is 5.69 Å². The van der Waals surface area contributed by atoms with Crippen LogP contribution < -0.4 is 10.6 Å². The predicted molar refractivity (Wildman–Crippen MR) is 92.8 cm³/mol. The number of nitrogens with two attached hydrogens (primary N) is 1. The molecule has 0 aliphatic carbocycles. The summed E-state index contributed by atoms with van der Waals surface area (Å²) in [7, 11) is 0. The molecular weight excluding hydrogens is 332 g/mol. The Labute approximate surface area is 143 Å². The molecule has 0 bridgehead atoms. The highest BCUT2D eigenvalue weighted by atomic mass is 35.5. The van der Waals surface area contributed by atoms with Crippen molar-refractivity contribution in [2.45, 2.75) is 19.3 Å². The van der Waals surface area contributed by atoms with Crippen LogP contribution in [0.2, 0.25) is 4.34 Å². The number of para-hydroxylation sites is 1. The maximum atomic E-state index is 12.7. The molecule has 1 unspecified atom stereocenters. The smallest absolute Gasteiger partial charge is 0.227 e. The van der Waals surface area contributed by atoms with Gasteiger partial charge >= 0.3 is 0 Å². The van der Waals surface area contributed by atoms with Gasteiger partial charge in [-0.1, -0.05) is 29.8 Å². The third-order valence-electron chi connectivity index (χ3n) is 4.07. The molecule has 0 saturated heterocycles. The normalized spacial score (nSPS) is 16.9. The van der Waals surface area contributed by atoms with Crippen LogP contribution in [0, 0.1) is 5.92 Å². The number of rotatable bonds is 4. The summed E-state index contributed by atoms with van der Waals surface area (Å²) in [6.07, 6.45) is 1.63. The maximum absolute atomic E-state index is 12.7. The Morgan fingerprint density at radius 2 is 2.04 bits per heavy atom. The molecule has 1 atom stereocenters. The largest absolute Gasteiger partial charge is 0.369 e. The average Bonchev–Trinajstić information content (AvgIpc) is 2.97. The number of carbonyl (C=O) groups excluding carboxylic acids is 2. The van der Waals surface area contributed by atoms with E-state index in [1.807, 2.05) is 36.4 Å². The van der Waals surface area contributed by atoms with Crippen molar-refractivity contribution in [1.29, 1.82) is 0 Å². The van der Waals surface area contributed by atoms with Crippen molar-refractivity contribution < 1.29 is 9.59 Å². The third kappa shape index (κ3) is 3.57. The summed E-state index contributed by atoms with van der Waals surface area (Å²) < 4.78 is 0.726. The lowest BCUT2D eigenvalue weighted by atomic mass is 9.91. The van der Waals surface area contributed by atoms with E-state index in [1.54, 1.807) is 4.90 Å². The minimum Gasteiger partial charge on any atom is -0.369 e. The summed E-state index contributed by atoms with van der Waals surface area (Å²) in [5.41, 5.74) is 7.35. The van der Waals surface area contributed by atoms with Gasteiger partial charge in [0.1, 0.15) is 0 Å². The van der Waals surface area contributed by atoms with Gasteiger partial charge in [-0.2, -0.15) is 0 Å². The first-order valence-electron chi connectivity index (χ1n) is 7.46. The van der Waals surface area contributed by atoms with Gasteiger partial charge in [-0.3, -0.25) is 9.59 Å². The zero-order chi connectivity index (χ0) is 16.4. The molecule has 0 fully saturated rings. The summed E-state index contributed by atoms with van der Waals surface area (Å²) in [5.74, 6) is -0.680. The third-order valence-corrected chi connectivity index (χ3v) is 5.36. The number of aryl methyl sites for hydroxylation is 1. The zero-order valence-corrected chi connectivity index (χ0v) is 14.1. The van der Waals surface area contributed by atoms with Crippen LogP contribution in [-0.4, -0.2) is 18.4 Å². The first-order valence-corrected chi connectivity index (χ1v) is 8.66. The van der Waals surface area contributed by atoms with Crippen LogP contribution >= 0.6 is 22.9 Å². The number of hydrogen-bond acceptors (Lipinski definition) is 3. The number of carbonyl (C=O) groups is 2. The van der Waals surface area contributed by atoms with Gasteiger partial charge in [0.05, 0.1) is 10.3 Å². The standard InChI is InChI=1S/C17H17ClN2O2S/c18-15-7-5-13(23-15)6-8-16(21)20-10-12(17(19)22)9-11-3-1-2-4-14(11)20/h1-5,7,12H,6,8-10H2,(H2,19,22). The average molecular weight is 349 g/mol. The van der Waals surface area contributed by atoms with Gasteiger partial charge in [-0.15, -0.1) is 11.3 Å². The Morgan fingerprint density at radius 1 is 1.26 bits per heavy atom. The number of fused-ring (bicyclic) bond motifs is 1. The molecule has 1 aliphatic heterocycles. The number of amides is 2. The fourth-order valence-corrected chi connectivity index (χ4v) is 3.96. The number of nitrogens with zero attached hydrogens (tertiary/aromatic N) is 1. The molecule has 4 nitrogen and oxygen atoms in total. The molecule has 3 rings (SSSR count). The molecule has 0 spiro atoms. The molecular formula is C17H17ClN2O2S. The van der Waals surface area contributed by atoms with Gasteiger partial charge in [-0.05, 0) is 36.6 Å². The van der Waals surface area contributed by atoms with E-state index in [2.05, 4.69) is 0 Å². The highest BCUT2D eigenvalue weighted by molar-refractivity contribution is 7.16. The monoisotopic (exact) mass is 348 g/mol. The van der Waals surface area contributed by atoms with E-state index in [0.29, 0.717) is 25.8 Å². The number of primary amides is 1. The summed E-state index contributed by atoms with van der Waals surface area (Å²) in [6, 6.07) is 11.5. The first-order chi connectivity index (χ1) is 11.0. The van der Waals surface area contributed by atoms with Crippen molar-refractivity contribution in [3.8, 4) is 0 Å². The lowest BCUT2D eigenvalue weighted by molar-refractivity contribution is -0.122. The zero-order valence-electron chi connectivity index (χ0n) is 12.5. The van der Waals surface area contributed by atoms with Crippen LogP contribution in [0.3, 0.4) is 0 Å². The van der Waals surface area contributed by atoms with Crippen molar-refractivity contribution in [1.82, 2.24) is 0 Å². The van der Waals surface area contributed by atoms with Crippen LogP contribution in [-0.2, 0) is 22.4 Å². The molecule has 2 N–H and O–H groups in total. The molecule has 1 aromatic carbocycles. The van der Waals surface area contributed by atoms with Gasteiger partial charge in [0, 0.05) is 23.5 Å². The molecule has 2 amide bonds. The van der Waals surface area contributed by atoms with Crippen LogP contribution in [0.25, 0.3) is 0 Å². The molecule has 1 aliphatic rings. The van der Waals surface area contributed by atoms with Gasteiger partial charge in [-0.25, -0.2) is 0 Å². The van der Waals surface area contributed by atoms with E-state index in [4.69, 9.17) is 17.3 Å². The highest BCUT2D eigenvalue weighted by Gasteiger charge is 2.30. The number of thiophene rings is 1. The van der Waals surface area contributed by atoms with Crippen molar-refractivity contribution in [2.75, 3.05) is 11.4 Å². The molecule has 2 aromatic rings. The number of benzene rings is 1. The van der Waals surface area contributed by atoms with Crippen LogP contribution in [0.15, 0.2) is 36.4 Å². The second-order valence-corrected chi connectivity index (χ2v) is 7.44. The highest BCUT2D eigenvalue weighted by Crippen LogP contribution is 2.30. The Hall–Kier alpha value is -1.85. The molecule has 23 heavy (non-hydrogen) atoms. The first kappa shape index (κ1) is 16.0. The molecule has 120 valence electrons. The second-order valence-electron chi connectivity index (χ2n) is 5.64. The van der Waals surface area contributed by atoms with Gasteiger partial charge in [0.15, 0.2) is 0 Å². The quantitative estimate of drug-likeness (QED) is 0.923. The maximum Gasteiger partial charge on any atom is 0.227 e. The van der Waals surface area contributed by atoms with Crippen molar-refractivity contribution >= 4 is 40.4 Å². The predicted octanol–water partition coefficient (Wildman–Crippen LogP) is 3.02. The van der Waals surface area contributed by atoms with Gasteiger partial charge in [0.25, 0.3) is 0 Å². The van der Waals surface area contributed by atoms with E-state index < -0.39 is 0 Å². The Balaban J connectivity index is 1.76. The van der Waals surface area contributed by atoms with E-state index in [0.717, 1.165) is 20.5 Å². The molecule has 1 aromatic heterocycles. The molecule has 6 heteroatoms. The minimum atomic E-state index is -0.359. The topological polar surface area (TPSA) is 63.4 Å². The van der Waals surface area contributed by atoms with Crippen molar-refractivity contribution in [2.24, 2.45) is 11.7 Å².